The number of ether oxygens (including phenoxy) is 2. The number of hydrogen-bond donors (Lipinski definition) is 0. The summed E-state index contributed by atoms with van der Waals surface area (Å²) in [5.74, 6) is 0. The summed E-state index contributed by atoms with van der Waals surface area (Å²) in [7, 11) is 0. The Morgan fingerprint density at radius 2 is 1.94 bits per heavy atom. The smallest absolute Gasteiger partial charge is 0.433 e. The summed E-state index contributed by atoms with van der Waals surface area (Å²) >= 11 is 0. The molecule has 4 heterocycles. The van der Waals surface area contributed by atoms with E-state index in [9.17, 15) is 18.0 Å². The van der Waals surface area contributed by atoms with Gasteiger partial charge in [-0.25, -0.2) is 9.48 Å². The number of likely N-dealkylation sites (tertiary alicyclic amines) is 1. The maximum absolute atomic E-state index is 12.8. The number of nitrogens with zero attached hydrogens (tertiary/aromatic N) is 6. The van der Waals surface area contributed by atoms with Crippen molar-refractivity contribution >= 4 is 6.09 Å². The van der Waals surface area contributed by atoms with Gasteiger partial charge in [-0.2, -0.15) is 13.2 Å². The van der Waals surface area contributed by atoms with Crippen LogP contribution < -0.4 is 0 Å². The third-order valence-corrected chi connectivity index (χ3v) is 5.28. The number of pyridine rings is 2. The molecule has 1 fully saturated rings. The van der Waals surface area contributed by atoms with Gasteiger partial charge in [-0.05, 0) is 44.5 Å². The normalized spacial score (nSPS) is 18.6. The Morgan fingerprint density at radius 3 is 2.57 bits per heavy atom. The first kappa shape index (κ1) is 24.6. The highest BCUT2D eigenvalue weighted by Gasteiger charge is 2.40. The van der Waals surface area contributed by atoms with Gasteiger partial charge in [0.15, 0.2) is 0 Å². The van der Waals surface area contributed by atoms with E-state index in [1.54, 1.807) is 50.1 Å². The molecule has 1 aliphatic heterocycles. The second-order valence-electron chi connectivity index (χ2n) is 9.18. The molecule has 0 unspecified atom stereocenters. The molecule has 0 spiro atoms. The molecule has 1 aliphatic rings. The van der Waals surface area contributed by atoms with Crippen LogP contribution in [0.1, 0.15) is 38.1 Å². The van der Waals surface area contributed by atoms with E-state index in [1.807, 2.05) is 6.07 Å². The minimum absolute atomic E-state index is 0.0125. The summed E-state index contributed by atoms with van der Waals surface area (Å²) in [5, 5.41) is 8.44. The maximum atomic E-state index is 12.8. The molecular weight excluding hydrogens is 465 g/mol. The number of carbonyl (C=O) groups is 1. The number of alkyl halides is 3. The first-order valence-corrected chi connectivity index (χ1v) is 10.9. The van der Waals surface area contributed by atoms with E-state index in [2.05, 4.69) is 20.3 Å². The molecule has 12 heteroatoms. The molecule has 0 radical (unpaired) electrons. The van der Waals surface area contributed by atoms with Crippen molar-refractivity contribution in [2.45, 2.75) is 51.3 Å². The molecular formula is C23H25F3N6O3. The minimum Gasteiger partial charge on any atom is -0.444 e. The lowest BCUT2D eigenvalue weighted by molar-refractivity contribution is -0.141. The Labute approximate surface area is 199 Å². The summed E-state index contributed by atoms with van der Waals surface area (Å²) in [6.45, 7) is 5.83. The summed E-state index contributed by atoms with van der Waals surface area (Å²) < 4.78 is 51.5. The molecule has 0 aromatic carbocycles. The van der Waals surface area contributed by atoms with E-state index < -0.39 is 29.7 Å². The van der Waals surface area contributed by atoms with E-state index in [4.69, 9.17) is 9.47 Å². The second kappa shape index (κ2) is 9.61. The molecule has 2 atom stereocenters. The van der Waals surface area contributed by atoms with Gasteiger partial charge in [0, 0.05) is 30.7 Å². The van der Waals surface area contributed by atoms with Gasteiger partial charge < -0.3 is 14.4 Å². The van der Waals surface area contributed by atoms with E-state index in [1.165, 1.54) is 11.0 Å². The Hall–Kier alpha value is -3.54. The van der Waals surface area contributed by atoms with Gasteiger partial charge in [-0.3, -0.25) is 9.97 Å². The average molecular weight is 490 g/mol. The highest BCUT2D eigenvalue weighted by molar-refractivity contribution is 5.68. The standard InChI is InChI=1S/C23H25F3N6O3/c1-22(2,3)35-21(33)31-12-18(32-11-17(29-30-32)16-5-4-8-27-10-16)19(13-31)34-14-15-6-7-20(28-9-15)23(24,25)26/h4-11,18-19H,12-14H2,1-3H3/t18-,19-/m1/s1. The predicted octanol–water partition coefficient (Wildman–Crippen LogP) is 4.13. The van der Waals surface area contributed by atoms with Crippen LogP contribution in [0.4, 0.5) is 18.0 Å². The van der Waals surface area contributed by atoms with E-state index in [0.717, 1.165) is 17.8 Å². The third-order valence-electron chi connectivity index (χ3n) is 5.28. The topological polar surface area (TPSA) is 95.3 Å². The fraction of sp³-hybridized carbons (Fsp3) is 0.435. The van der Waals surface area contributed by atoms with Crippen molar-refractivity contribution in [2.24, 2.45) is 0 Å². The maximum Gasteiger partial charge on any atom is 0.433 e. The van der Waals surface area contributed by atoms with Crippen LogP contribution in [0.5, 0.6) is 0 Å². The van der Waals surface area contributed by atoms with Gasteiger partial charge in [0.05, 0.1) is 31.5 Å². The molecule has 186 valence electrons. The van der Waals surface area contributed by atoms with Crippen molar-refractivity contribution in [3.8, 4) is 11.3 Å². The fourth-order valence-electron chi connectivity index (χ4n) is 3.62. The van der Waals surface area contributed by atoms with Crippen molar-refractivity contribution in [1.29, 1.82) is 0 Å². The van der Waals surface area contributed by atoms with Gasteiger partial charge in [0.25, 0.3) is 0 Å². The van der Waals surface area contributed by atoms with Crippen molar-refractivity contribution in [3.05, 3.63) is 60.3 Å². The average Bonchev–Trinajstić information content (AvgIpc) is 3.44. The number of rotatable bonds is 5. The molecule has 0 bridgehead atoms. The van der Waals surface area contributed by atoms with Crippen LogP contribution in [-0.4, -0.2) is 60.7 Å². The van der Waals surface area contributed by atoms with Gasteiger partial charge in [-0.1, -0.05) is 11.3 Å². The van der Waals surface area contributed by atoms with Crippen LogP contribution >= 0.6 is 0 Å². The van der Waals surface area contributed by atoms with Crippen LogP contribution in [0.25, 0.3) is 11.3 Å². The molecule has 0 saturated carbocycles. The zero-order valence-electron chi connectivity index (χ0n) is 19.4. The summed E-state index contributed by atoms with van der Waals surface area (Å²) in [4.78, 5) is 21.8. The number of amides is 1. The van der Waals surface area contributed by atoms with Gasteiger partial charge in [0.1, 0.15) is 17.0 Å². The van der Waals surface area contributed by atoms with Crippen LogP contribution in [0.2, 0.25) is 0 Å². The second-order valence-corrected chi connectivity index (χ2v) is 9.18. The molecule has 35 heavy (non-hydrogen) atoms. The summed E-state index contributed by atoms with van der Waals surface area (Å²) in [6, 6.07) is 5.49. The lowest BCUT2D eigenvalue weighted by atomic mass is 10.2. The molecule has 1 saturated heterocycles. The number of aromatic nitrogens is 5. The molecule has 3 aromatic rings. The van der Waals surface area contributed by atoms with E-state index in [-0.39, 0.29) is 25.7 Å². The zero-order chi connectivity index (χ0) is 25.2. The van der Waals surface area contributed by atoms with Crippen molar-refractivity contribution in [1.82, 2.24) is 29.9 Å². The molecule has 3 aromatic heterocycles. The fourth-order valence-corrected chi connectivity index (χ4v) is 3.62. The molecule has 0 aliphatic carbocycles. The first-order valence-electron chi connectivity index (χ1n) is 10.9. The quantitative estimate of drug-likeness (QED) is 0.531. The monoisotopic (exact) mass is 490 g/mol. The molecule has 0 N–H and O–H groups in total. The molecule has 1 amide bonds. The lowest BCUT2D eigenvalue weighted by Crippen LogP contribution is -2.36. The largest absolute Gasteiger partial charge is 0.444 e. The van der Waals surface area contributed by atoms with E-state index in [0.29, 0.717) is 11.3 Å². The summed E-state index contributed by atoms with van der Waals surface area (Å²) in [5.41, 5.74) is 0.232. The number of carbonyl (C=O) groups excluding carboxylic acids is 1. The van der Waals surface area contributed by atoms with E-state index >= 15 is 0 Å². The minimum atomic E-state index is -4.51. The predicted molar refractivity (Wildman–Crippen MR) is 118 cm³/mol. The van der Waals surface area contributed by atoms with Gasteiger partial charge >= 0.3 is 12.3 Å². The van der Waals surface area contributed by atoms with Gasteiger partial charge in [-0.15, -0.1) is 5.10 Å². The molecule has 4 rings (SSSR count). The van der Waals surface area contributed by atoms with Crippen LogP contribution in [0.3, 0.4) is 0 Å². The molecule has 9 nitrogen and oxygen atoms in total. The van der Waals surface area contributed by atoms with Crippen molar-refractivity contribution < 1.29 is 27.4 Å². The van der Waals surface area contributed by atoms with Crippen LogP contribution in [-0.2, 0) is 22.3 Å². The Kier molecular flexibility index (Phi) is 6.75. The number of halogens is 3. The van der Waals surface area contributed by atoms with Crippen LogP contribution in [0.15, 0.2) is 49.1 Å². The highest BCUT2D eigenvalue weighted by Crippen LogP contribution is 2.29. The first-order chi connectivity index (χ1) is 16.5. The van der Waals surface area contributed by atoms with Crippen molar-refractivity contribution in [2.75, 3.05) is 13.1 Å². The van der Waals surface area contributed by atoms with Crippen LogP contribution in [0, 0.1) is 0 Å². The third kappa shape index (κ3) is 6.13. The summed E-state index contributed by atoms with van der Waals surface area (Å²) in [6.07, 6.45) is 0.698. The van der Waals surface area contributed by atoms with Crippen molar-refractivity contribution in [3.63, 3.8) is 0 Å². The Bertz CT molecular complexity index is 1150. The Balaban J connectivity index is 1.51. The SMILES string of the molecule is CC(C)(C)OC(=O)N1C[C@@H](n2cc(-c3cccnc3)nn2)[C@H](OCc2ccc(C(F)(F)F)nc2)C1. The highest BCUT2D eigenvalue weighted by atomic mass is 19.4. The Morgan fingerprint density at radius 1 is 1.14 bits per heavy atom. The zero-order valence-corrected chi connectivity index (χ0v) is 19.4. The number of hydrogen-bond acceptors (Lipinski definition) is 7. The van der Waals surface area contributed by atoms with Gasteiger partial charge in [0.2, 0.25) is 0 Å². The lowest BCUT2D eigenvalue weighted by Gasteiger charge is -2.24.